The number of anilines is 1. The van der Waals surface area contributed by atoms with E-state index in [0.29, 0.717) is 11.3 Å². The molecule has 0 bridgehead atoms. The number of halogens is 1. The Morgan fingerprint density at radius 3 is 2.70 bits per heavy atom. The number of amides is 1. The molecule has 134 valence electrons. The number of nitrogens with zero attached hydrogens (tertiary/aromatic N) is 2. The van der Waals surface area contributed by atoms with Gasteiger partial charge in [-0.1, -0.05) is 18.2 Å². The molecule has 0 aliphatic carbocycles. The Bertz CT molecular complexity index is 1140. The van der Waals surface area contributed by atoms with Crippen LogP contribution in [0.25, 0.3) is 16.8 Å². The largest absolute Gasteiger partial charge is 0.497 e. The third kappa shape index (κ3) is 3.50. The van der Waals surface area contributed by atoms with E-state index < -0.39 is 11.7 Å². The fourth-order valence-electron chi connectivity index (χ4n) is 2.84. The third-order valence-corrected chi connectivity index (χ3v) is 4.17. The highest BCUT2D eigenvalue weighted by molar-refractivity contribution is 6.03. The summed E-state index contributed by atoms with van der Waals surface area (Å²) in [6.07, 6.45) is 3.55. The Morgan fingerprint density at radius 1 is 1.04 bits per heavy atom. The molecule has 0 aliphatic rings. The number of ether oxygens (including phenoxy) is 1. The van der Waals surface area contributed by atoms with Gasteiger partial charge in [0.15, 0.2) is 0 Å². The Labute approximate surface area is 155 Å². The molecular weight excluding hydrogens is 345 g/mol. The van der Waals surface area contributed by atoms with Gasteiger partial charge < -0.3 is 14.5 Å². The Hall–Kier alpha value is -3.67. The normalized spacial score (nSPS) is 10.7. The minimum Gasteiger partial charge on any atom is -0.497 e. The topological polar surface area (TPSA) is 55.6 Å². The Morgan fingerprint density at radius 2 is 1.89 bits per heavy atom. The number of carbonyl (C=O) groups is 1. The molecule has 2 heterocycles. The SMILES string of the molecule is COc1cccc(-c2ccc3nc(C(=O)Nc4cccc(F)c4)cn3c2)c1. The van der Waals surface area contributed by atoms with E-state index in [9.17, 15) is 9.18 Å². The van der Waals surface area contributed by atoms with Crippen LogP contribution in [-0.4, -0.2) is 22.4 Å². The second-order valence-corrected chi connectivity index (χ2v) is 6.01. The van der Waals surface area contributed by atoms with Gasteiger partial charge in [0.25, 0.3) is 5.91 Å². The Balaban J connectivity index is 1.63. The highest BCUT2D eigenvalue weighted by Gasteiger charge is 2.12. The van der Waals surface area contributed by atoms with Crippen LogP contribution >= 0.6 is 0 Å². The number of imidazole rings is 1. The van der Waals surface area contributed by atoms with Gasteiger partial charge in [-0.3, -0.25) is 4.79 Å². The average Bonchev–Trinajstić information content (AvgIpc) is 3.11. The zero-order chi connectivity index (χ0) is 18.8. The molecule has 0 spiro atoms. The van der Waals surface area contributed by atoms with Gasteiger partial charge in [-0.05, 0) is 53.6 Å². The van der Waals surface area contributed by atoms with Gasteiger partial charge in [0, 0.05) is 18.1 Å². The highest BCUT2D eigenvalue weighted by Crippen LogP contribution is 2.24. The lowest BCUT2D eigenvalue weighted by molar-refractivity contribution is 0.102. The maximum atomic E-state index is 13.3. The molecule has 4 aromatic rings. The van der Waals surface area contributed by atoms with Crippen LogP contribution in [-0.2, 0) is 0 Å². The van der Waals surface area contributed by atoms with Crippen molar-refractivity contribution in [3.8, 4) is 16.9 Å². The summed E-state index contributed by atoms with van der Waals surface area (Å²) in [5.41, 5.74) is 3.24. The summed E-state index contributed by atoms with van der Waals surface area (Å²) in [5, 5.41) is 2.65. The lowest BCUT2D eigenvalue weighted by Gasteiger charge is -2.05. The average molecular weight is 361 g/mol. The number of methoxy groups -OCH3 is 1. The van der Waals surface area contributed by atoms with Gasteiger partial charge in [-0.25, -0.2) is 9.37 Å². The van der Waals surface area contributed by atoms with Gasteiger partial charge >= 0.3 is 0 Å². The number of hydrogen-bond acceptors (Lipinski definition) is 3. The molecule has 1 N–H and O–H groups in total. The van der Waals surface area contributed by atoms with E-state index in [-0.39, 0.29) is 5.69 Å². The number of nitrogens with one attached hydrogen (secondary N) is 1. The minimum atomic E-state index is -0.411. The van der Waals surface area contributed by atoms with Crippen LogP contribution in [0.4, 0.5) is 10.1 Å². The number of rotatable bonds is 4. The van der Waals surface area contributed by atoms with Gasteiger partial charge in [0.1, 0.15) is 22.9 Å². The number of aromatic nitrogens is 2. The predicted octanol–water partition coefficient (Wildman–Crippen LogP) is 4.40. The summed E-state index contributed by atoms with van der Waals surface area (Å²) in [6.45, 7) is 0. The van der Waals surface area contributed by atoms with Gasteiger partial charge in [-0.2, -0.15) is 0 Å². The summed E-state index contributed by atoms with van der Waals surface area (Å²) >= 11 is 0. The van der Waals surface area contributed by atoms with E-state index in [1.807, 2.05) is 42.6 Å². The summed E-state index contributed by atoms with van der Waals surface area (Å²) in [7, 11) is 1.63. The monoisotopic (exact) mass is 361 g/mol. The van der Waals surface area contributed by atoms with Crippen molar-refractivity contribution in [2.75, 3.05) is 12.4 Å². The van der Waals surface area contributed by atoms with Crippen molar-refractivity contribution in [2.45, 2.75) is 0 Å². The standard InChI is InChI=1S/C21H16FN3O2/c1-27-18-7-2-4-14(10-18)15-8-9-20-24-19(13-25(20)12-15)21(26)23-17-6-3-5-16(22)11-17/h2-13H,1H3,(H,23,26). The number of fused-ring (bicyclic) bond motifs is 1. The zero-order valence-corrected chi connectivity index (χ0v) is 14.5. The molecule has 0 aliphatic heterocycles. The quantitative estimate of drug-likeness (QED) is 0.586. The van der Waals surface area contributed by atoms with Crippen molar-refractivity contribution < 1.29 is 13.9 Å². The summed E-state index contributed by atoms with van der Waals surface area (Å²) in [4.78, 5) is 16.7. The van der Waals surface area contributed by atoms with E-state index >= 15 is 0 Å². The molecule has 0 radical (unpaired) electrons. The smallest absolute Gasteiger partial charge is 0.275 e. The second kappa shape index (κ2) is 6.92. The lowest BCUT2D eigenvalue weighted by atomic mass is 10.1. The fraction of sp³-hybridized carbons (Fsp3) is 0.0476. The first-order valence-electron chi connectivity index (χ1n) is 8.32. The molecule has 5 nitrogen and oxygen atoms in total. The maximum Gasteiger partial charge on any atom is 0.275 e. The third-order valence-electron chi connectivity index (χ3n) is 4.17. The number of benzene rings is 2. The zero-order valence-electron chi connectivity index (χ0n) is 14.5. The number of carbonyl (C=O) groups excluding carboxylic acids is 1. The highest BCUT2D eigenvalue weighted by atomic mass is 19.1. The number of hydrogen-bond donors (Lipinski definition) is 1. The van der Waals surface area contributed by atoms with Gasteiger partial charge in [-0.15, -0.1) is 0 Å². The molecule has 0 fully saturated rings. The molecule has 4 rings (SSSR count). The van der Waals surface area contributed by atoms with Gasteiger partial charge in [0.2, 0.25) is 0 Å². The molecule has 0 saturated heterocycles. The van der Waals surface area contributed by atoms with Crippen LogP contribution < -0.4 is 10.1 Å². The van der Waals surface area contributed by atoms with Crippen LogP contribution in [0.5, 0.6) is 5.75 Å². The van der Waals surface area contributed by atoms with Crippen molar-refractivity contribution in [1.29, 1.82) is 0 Å². The van der Waals surface area contributed by atoms with Crippen LogP contribution in [0.3, 0.4) is 0 Å². The molecule has 1 amide bonds. The molecule has 2 aromatic heterocycles. The van der Waals surface area contributed by atoms with Crippen molar-refractivity contribution in [1.82, 2.24) is 9.38 Å². The van der Waals surface area contributed by atoms with Crippen molar-refractivity contribution in [3.63, 3.8) is 0 Å². The minimum absolute atomic E-state index is 0.252. The van der Waals surface area contributed by atoms with E-state index in [1.54, 1.807) is 23.8 Å². The molecule has 0 atom stereocenters. The van der Waals surface area contributed by atoms with Crippen LogP contribution in [0.2, 0.25) is 0 Å². The summed E-state index contributed by atoms with van der Waals surface area (Å²) in [5.74, 6) is -0.0358. The fourth-order valence-corrected chi connectivity index (χ4v) is 2.84. The first kappa shape index (κ1) is 16.8. The van der Waals surface area contributed by atoms with E-state index in [4.69, 9.17) is 4.74 Å². The Kier molecular flexibility index (Phi) is 4.30. The first-order chi connectivity index (χ1) is 13.1. The lowest BCUT2D eigenvalue weighted by Crippen LogP contribution is -2.12. The molecular formula is C21H16FN3O2. The molecule has 2 aromatic carbocycles. The summed E-state index contributed by atoms with van der Waals surface area (Å²) < 4.78 is 20.3. The first-order valence-corrected chi connectivity index (χ1v) is 8.32. The molecule has 0 saturated carbocycles. The van der Waals surface area contributed by atoms with Gasteiger partial charge in [0.05, 0.1) is 7.11 Å². The van der Waals surface area contributed by atoms with E-state index in [1.165, 1.54) is 18.2 Å². The molecule has 0 unspecified atom stereocenters. The van der Waals surface area contributed by atoms with E-state index in [2.05, 4.69) is 10.3 Å². The van der Waals surface area contributed by atoms with Crippen molar-refractivity contribution in [3.05, 3.63) is 84.6 Å². The van der Waals surface area contributed by atoms with Crippen molar-refractivity contribution >= 4 is 17.2 Å². The van der Waals surface area contributed by atoms with Crippen LogP contribution in [0, 0.1) is 5.82 Å². The predicted molar refractivity (Wildman–Crippen MR) is 102 cm³/mol. The summed E-state index contributed by atoms with van der Waals surface area (Å²) in [6, 6.07) is 17.2. The molecule has 6 heteroatoms. The molecule has 27 heavy (non-hydrogen) atoms. The van der Waals surface area contributed by atoms with Crippen LogP contribution in [0.1, 0.15) is 10.5 Å². The van der Waals surface area contributed by atoms with Crippen LogP contribution in [0.15, 0.2) is 73.1 Å². The maximum absolute atomic E-state index is 13.3. The second-order valence-electron chi connectivity index (χ2n) is 6.01. The van der Waals surface area contributed by atoms with E-state index in [0.717, 1.165) is 16.9 Å². The number of pyridine rings is 1. The van der Waals surface area contributed by atoms with Crippen molar-refractivity contribution in [2.24, 2.45) is 0 Å².